The molecule has 0 amide bonds. The number of rotatable bonds is 1. The Labute approximate surface area is 163 Å². The highest BCUT2D eigenvalue weighted by atomic mass is 16.4. The van der Waals surface area contributed by atoms with Crippen LogP contribution in [0.25, 0.3) is 0 Å². The highest BCUT2D eigenvalue weighted by Gasteiger charge is 2.47. The van der Waals surface area contributed by atoms with E-state index in [0.717, 1.165) is 51.4 Å². The molecular formula is C24H46O2. The molecule has 2 heteroatoms. The fourth-order valence-electron chi connectivity index (χ4n) is 5.33. The first-order valence-corrected chi connectivity index (χ1v) is 12.1. The highest BCUT2D eigenvalue weighted by Crippen LogP contribution is 2.41. The van der Waals surface area contributed by atoms with Gasteiger partial charge in [0.25, 0.3) is 0 Å². The standard InChI is InChI=1S/C24H46O2/c25-23(19-15-11-7-3-1-4-8-12-16-20-23)24(26)21-17-13-9-5-2-6-10-14-18-22-24/h25-26H,1-22H2. The minimum atomic E-state index is -0.851. The molecule has 0 spiro atoms. The van der Waals surface area contributed by atoms with Crippen molar-refractivity contribution in [2.24, 2.45) is 0 Å². The maximum atomic E-state index is 11.7. The molecule has 0 saturated heterocycles. The third kappa shape index (κ3) is 7.50. The van der Waals surface area contributed by atoms with Gasteiger partial charge < -0.3 is 10.2 Å². The van der Waals surface area contributed by atoms with Crippen molar-refractivity contribution >= 4 is 0 Å². The zero-order valence-corrected chi connectivity index (χ0v) is 17.5. The van der Waals surface area contributed by atoms with E-state index in [0.29, 0.717) is 0 Å². The van der Waals surface area contributed by atoms with Crippen molar-refractivity contribution < 1.29 is 10.2 Å². The molecule has 2 N–H and O–H groups in total. The van der Waals surface area contributed by atoms with Gasteiger partial charge in [-0.15, -0.1) is 0 Å². The van der Waals surface area contributed by atoms with Gasteiger partial charge >= 0.3 is 0 Å². The Morgan fingerprint density at radius 1 is 0.269 bits per heavy atom. The first-order chi connectivity index (χ1) is 12.7. The lowest BCUT2D eigenvalue weighted by Crippen LogP contribution is -2.54. The normalized spacial score (nSPS) is 27.9. The Kier molecular flexibility index (Phi) is 10.6. The molecule has 2 nitrogen and oxygen atoms in total. The molecule has 0 atom stereocenters. The molecule has 0 aromatic heterocycles. The summed E-state index contributed by atoms with van der Waals surface area (Å²) < 4.78 is 0. The van der Waals surface area contributed by atoms with Gasteiger partial charge in [-0.05, 0) is 25.7 Å². The monoisotopic (exact) mass is 366 g/mol. The van der Waals surface area contributed by atoms with Crippen molar-refractivity contribution in [1.29, 1.82) is 0 Å². The molecule has 154 valence electrons. The first-order valence-electron chi connectivity index (χ1n) is 12.1. The van der Waals surface area contributed by atoms with Gasteiger partial charge in [0.15, 0.2) is 0 Å². The maximum Gasteiger partial charge on any atom is 0.0933 e. The van der Waals surface area contributed by atoms with Gasteiger partial charge in [0.05, 0.1) is 11.2 Å². The zero-order chi connectivity index (χ0) is 18.6. The average Bonchev–Trinajstić information content (AvgIpc) is 2.61. The molecule has 2 rings (SSSR count). The summed E-state index contributed by atoms with van der Waals surface area (Å²) >= 11 is 0. The van der Waals surface area contributed by atoms with Gasteiger partial charge in [0, 0.05) is 0 Å². The van der Waals surface area contributed by atoms with Crippen molar-refractivity contribution in [2.45, 2.75) is 152 Å². The summed E-state index contributed by atoms with van der Waals surface area (Å²) in [6.07, 6.45) is 25.8. The molecule has 2 fully saturated rings. The van der Waals surface area contributed by atoms with E-state index < -0.39 is 11.2 Å². The second-order valence-corrected chi connectivity index (χ2v) is 9.43. The highest BCUT2D eigenvalue weighted by molar-refractivity contribution is 4.99. The Balaban J connectivity index is 2.03. The summed E-state index contributed by atoms with van der Waals surface area (Å²) in [5.41, 5.74) is -1.70. The van der Waals surface area contributed by atoms with Crippen LogP contribution in [0.3, 0.4) is 0 Å². The number of aliphatic hydroxyl groups is 2. The molecule has 0 aromatic carbocycles. The van der Waals surface area contributed by atoms with Crippen LogP contribution in [0.1, 0.15) is 141 Å². The van der Waals surface area contributed by atoms with Crippen LogP contribution in [0.2, 0.25) is 0 Å². The molecule has 26 heavy (non-hydrogen) atoms. The van der Waals surface area contributed by atoms with Crippen LogP contribution < -0.4 is 0 Å². The summed E-state index contributed by atoms with van der Waals surface area (Å²) in [6.45, 7) is 0. The minimum Gasteiger partial charge on any atom is -0.387 e. The first kappa shape index (κ1) is 22.2. The van der Waals surface area contributed by atoms with Crippen LogP contribution in [0, 0.1) is 0 Å². The van der Waals surface area contributed by atoms with Crippen molar-refractivity contribution in [1.82, 2.24) is 0 Å². The van der Waals surface area contributed by atoms with E-state index >= 15 is 0 Å². The molecule has 0 unspecified atom stereocenters. The number of hydrogen-bond acceptors (Lipinski definition) is 2. The molecule has 2 aliphatic carbocycles. The average molecular weight is 367 g/mol. The van der Waals surface area contributed by atoms with Gasteiger partial charge in [0.2, 0.25) is 0 Å². The predicted molar refractivity (Wildman–Crippen MR) is 111 cm³/mol. The molecule has 0 heterocycles. The third-order valence-electron chi connectivity index (χ3n) is 7.23. The largest absolute Gasteiger partial charge is 0.387 e. The summed E-state index contributed by atoms with van der Waals surface area (Å²) in [7, 11) is 0. The Bertz CT molecular complexity index is 294. The lowest BCUT2D eigenvalue weighted by atomic mass is 9.70. The van der Waals surface area contributed by atoms with E-state index in [2.05, 4.69) is 0 Å². The quantitative estimate of drug-likeness (QED) is 0.521. The molecule has 0 aromatic rings. The summed E-state index contributed by atoms with van der Waals surface area (Å²) in [5, 5.41) is 23.4. The summed E-state index contributed by atoms with van der Waals surface area (Å²) in [5.74, 6) is 0. The Morgan fingerprint density at radius 2 is 0.423 bits per heavy atom. The van der Waals surface area contributed by atoms with Gasteiger partial charge in [-0.25, -0.2) is 0 Å². The zero-order valence-electron chi connectivity index (χ0n) is 17.5. The van der Waals surface area contributed by atoms with E-state index in [4.69, 9.17) is 0 Å². The van der Waals surface area contributed by atoms with Gasteiger partial charge in [-0.3, -0.25) is 0 Å². The van der Waals surface area contributed by atoms with Crippen molar-refractivity contribution in [2.75, 3.05) is 0 Å². The van der Waals surface area contributed by atoms with Crippen LogP contribution in [0.4, 0.5) is 0 Å². The second-order valence-electron chi connectivity index (χ2n) is 9.43. The smallest absolute Gasteiger partial charge is 0.0933 e. The molecule has 0 bridgehead atoms. The Hall–Kier alpha value is -0.0800. The van der Waals surface area contributed by atoms with E-state index in [1.54, 1.807) is 0 Å². The van der Waals surface area contributed by atoms with Crippen LogP contribution >= 0.6 is 0 Å². The minimum absolute atomic E-state index is 0.809. The van der Waals surface area contributed by atoms with E-state index in [-0.39, 0.29) is 0 Å². The van der Waals surface area contributed by atoms with Crippen molar-refractivity contribution in [3.8, 4) is 0 Å². The van der Waals surface area contributed by atoms with Crippen LogP contribution in [0.5, 0.6) is 0 Å². The topological polar surface area (TPSA) is 40.5 Å². The van der Waals surface area contributed by atoms with E-state index in [1.807, 2.05) is 0 Å². The van der Waals surface area contributed by atoms with Crippen molar-refractivity contribution in [3.63, 3.8) is 0 Å². The van der Waals surface area contributed by atoms with Crippen LogP contribution in [-0.4, -0.2) is 21.4 Å². The third-order valence-corrected chi connectivity index (χ3v) is 7.23. The fraction of sp³-hybridized carbons (Fsp3) is 1.00. The number of hydrogen-bond donors (Lipinski definition) is 2. The summed E-state index contributed by atoms with van der Waals surface area (Å²) in [6, 6.07) is 0. The predicted octanol–water partition coefficient (Wildman–Crippen LogP) is 7.06. The van der Waals surface area contributed by atoms with E-state index in [1.165, 1.54) is 89.9 Å². The lowest BCUT2D eigenvalue weighted by Gasteiger charge is -2.45. The van der Waals surface area contributed by atoms with Gasteiger partial charge in [-0.2, -0.15) is 0 Å². The second kappa shape index (κ2) is 12.4. The molecular weight excluding hydrogens is 320 g/mol. The Morgan fingerprint density at radius 3 is 0.615 bits per heavy atom. The molecule has 2 aliphatic rings. The van der Waals surface area contributed by atoms with Crippen LogP contribution in [0.15, 0.2) is 0 Å². The fourth-order valence-corrected chi connectivity index (χ4v) is 5.33. The van der Waals surface area contributed by atoms with E-state index in [9.17, 15) is 10.2 Å². The van der Waals surface area contributed by atoms with Crippen LogP contribution in [-0.2, 0) is 0 Å². The summed E-state index contributed by atoms with van der Waals surface area (Å²) in [4.78, 5) is 0. The lowest BCUT2D eigenvalue weighted by molar-refractivity contribution is -0.171. The van der Waals surface area contributed by atoms with Crippen molar-refractivity contribution in [3.05, 3.63) is 0 Å². The van der Waals surface area contributed by atoms with Gasteiger partial charge in [-0.1, -0.05) is 116 Å². The molecule has 0 radical (unpaired) electrons. The van der Waals surface area contributed by atoms with Gasteiger partial charge in [0.1, 0.15) is 0 Å². The SMILES string of the molecule is OC1(C2(O)CCCCCCCCCCC2)CCCCCCCCCCC1. The molecule has 2 saturated carbocycles. The maximum absolute atomic E-state index is 11.7. The molecule has 0 aliphatic heterocycles.